The fourth-order valence-corrected chi connectivity index (χ4v) is 2.98. The lowest BCUT2D eigenvalue weighted by molar-refractivity contribution is -0.391. The molecule has 0 fully saturated rings. The fraction of sp³-hybridized carbons (Fsp3) is 0.333. The van der Waals surface area contributed by atoms with Gasteiger partial charge in [-0.25, -0.2) is 4.98 Å². The monoisotopic (exact) mass is 300 g/mol. The van der Waals surface area contributed by atoms with E-state index in [4.69, 9.17) is 0 Å². The van der Waals surface area contributed by atoms with E-state index in [-0.39, 0.29) is 11.7 Å². The highest BCUT2D eigenvalue weighted by Crippen LogP contribution is 2.32. The van der Waals surface area contributed by atoms with Crippen molar-refractivity contribution < 1.29 is 9.72 Å². The van der Waals surface area contributed by atoms with E-state index in [1.165, 1.54) is 0 Å². The minimum absolute atomic E-state index is 0.00369. The van der Waals surface area contributed by atoms with Gasteiger partial charge >= 0.3 is 5.82 Å². The number of hydrogen-bond donors (Lipinski definition) is 1. The van der Waals surface area contributed by atoms with Crippen LogP contribution in [-0.4, -0.2) is 20.4 Å². The van der Waals surface area contributed by atoms with Crippen molar-refractivity contribution in [3.63, 3.8) is 0 Å². The summed E-state index contributed by atoms with van der Waals surface area (Å²) in [5, 5.41) is 14.2. The molecule has 0 saturated heterocycles. The van der Waals surface area contributed by atoms with Crippen LogP contribution in [0.1, 0.15) is 29.1 Å². The van der Waals surface area contributed by atoms with Crippen LogP contribution in [0.2, 0.25) is 0 Å². The number of hydrogen-bond acceptors (Lipinski definition) is 4. The molecule has 7 heteroatoms. The van der Waals surface area contributed by atoms with E-state index in [1.807, 2.05) is 19.1 Å². The van der Waals surface area contributed by atoms with E-state index < -0.39 is 4.92 Å². The summed E-state index contributed by atoms with van der Waals surface area (Å²) in [5.41, 5.74) is 3.80. The number of nitro groups is 1. The first kappa shape index (κ1) is 14.2. The smallest absolute Gasteiger partial charge is 0.350 e. The lowest BCUT2D eigenvalue weighted by atomic mass is 9.98. The minimum Gasteiger partial charge on any atom is -0.358 e. The van der Waals surface area contributed by atoms with Crippen molar-refractivity contribution in [1.82, 2.24) is 9.55 Å². The highest BCUT2D eigenvalue weighted by atomic mass is 16.6. The highest BCUT2D eigenvalue weighted by Gasteiger charge is 2.26. The molecule has 0 aliphatic carbocycles. The molecule has 22 heavy (non-hydrogen) atoms. The summed E-state index contributed by atoms with van der Waals surface area (Å²) in [6.07, 6.45) is 1.07. The molecule has 1 aromatic heterocycles. The number of amides is 1. The van der Waals surface area contributed by atoms with Crippen LogP contribution in [0.15, 0.2) is 12.1 Å². The first-order chi connectivity index (χ1) is 10.4. The normalized spacial score (nSPS) is 13.7. The van der Waals surface area contributed by atoms with Crippen LogP contribution in [-0.2, 0) is 11.2 Å². The molecular formula is C15H16N4O3. The summed E-state index contributed by atoms with van der Waals surface area (Å²) in [6.45, 7) is 5.27. The Bertz CT molecular complexity index is 808. The Hall–Kier alpha value is -2.70. The molecule has 0 atom stereocenters. The van der Waals surface area contributed by atoms with Crippen LogP contribution < -0.4 is 5.32 Å². The zero-order valence-electron chi connectivity index (χ0n) is 12.6. The zero-order chi connectivity index (χ0) is 16.0. The van der Waals surface area contributed by atoms with Gasteiger partial charge in [-0.1, -0.05) is 0 Å². The van der Waals surface area contributed by atoms with Crippen LogP contribution in [0.3, 0.4) is 0 Å². The molecule has 2 aromatic rings. The number of nitrogens with zero attached hydrogens (tertiary/aromatic N) is 3. The molecule has 0 radical (unpaired) electrons. The number of rotatable bonds is 2. The minimum atomic E-state index is -0.411. The third-order valence-corrected chi connectivity index (χ3v) is 3.91. The van der Waals surface area contributed by atoms with Crippen molar-refractivity contribution in [2.24, 2.45) is 0 Å². The Labute approximate surface area is 127 Å². The number of anilines is 1. The van der Waals surface area contributed by atoms with Crippen LogP contribution in [0.4, 0.5) is 11.5 Å². The van der Waals surface area contributed by atoms with E-state index in [0.717, 1.165) is 16.8 Å². The molecule has 114 valence electrons. The van der Waals surface area contributed by atoms with Gasteiger partial charge in [-0.05, 0) is 48.5 Å². The molecule has 0 bridgehead atoms. The predicted octanol–water partition coefficient (Wildman–Crippen LogP) is 2.59. The molecule has 1 amide bonds. The average molecular weight is 300 g/mol. The molecule has 1 N–H and O–H groups in total. The average Bonchev–Trinajstić information content (AvgIpc) is 2.74. The summed E-state index contributed by atoms with van der Waals surface area (Å²) in [6, 6.07) is 3.73. The van der Waals surface area contributed by atoms with Crippen LogP contribution >= 0.6 is 0 Å². The van der Waals surface area contributed by atoms with Crippen molar-refractivity contribution in [2.75, 3.05) is 5.32 Å². The predicted molar refractivity (Wildman–Crippen MR) is 81.4 cm³/mol. The number of fused-ring (bicyclic) bond motifs is 1. The first-order valence-electron chi connectivity index (χ1n) is 7.02. The van der Waals surface area contributed by atoms with E-state index >= 15 is 0 Å². The highest BCUT2D eigenvalue weighted by molar-refractivity contribution is 5.95. The van der Waals surface area contributed by atoms with Crippen molar-refractivity contribution in [2.45, 2.75) is 33.6 Å². The molecule has 1 aromatic carbocycles. The SMILES string of the molecule is Cc1cc(-n2c(C)nc(C)c2[N+](=O)[O-])cc2c1NC(=O)CC2. The Morgan fingerprint density at radius 3 is 2.68 bits per heavy atom. The number of benzene rings is 1. The maximum atomic E-state index is 11.5. The van der Waals surface area contributed by atoms with Gasteiger partial charge in [-0.2, -0.15) is 4.57 Å². The molecule has 3 rings (SSSR count). The molecule has 0 spiro atoms. The standard InChI is InChI=1S/C15H16N4O3/c1-8-6-12(7-11-4-5-13(20)17-14(8)11)18-10(3)16-9(2)15(18)19(21)22/h6-7H,4-5H2,1-3H3,(H,17,20). The second-order valence-corrected chi connectivity index (χ2v) is 5.51. The van der Waals surface area contributed by atoms with Gasteiger partial charge in [0.1, 0.15) is 11.4 Å². The summed E-state index contributed by atoms with van der Waals surface area (Å²) in [5.74, 6) is 0.559. The van der Waals surface area contributed by atoms with Crippen LogP contribution in [0, 0.1) is 30.9 Å². The molecule has 7 nitrogen and oxygen atoms in total. The Morgan fingerprint density at radius 2 is 2.00 bits per heavy atom. The van der Waals surface area contributed by atoms with Gasteiger partial charge in [0.2, 0.25) is 5.91 Å². The number of nitrogens with one attached hydrogen (secondary N) is 1. The molecule has 0 unspecified atom stereocenters. The van der Waals surface area contributed by atoms with Crippen molar-refractivity contribution in [3.05, 3.63) is 44.9 Å². The number of imidazole rings is 1. The molecule has 1 aliphatic rings. The van der Waals surface area contributed by atoms with E-state index in [0.29, 0.717) is 30.0 Å². The van der Waals surface area contributed by atoms with Gasteiger partial charge < -0.3 is 15.4 Å². The van der Waals surface area contributed by atoms with Crippen LogP contribution in [0.5, 0.6) is 0 Å². The maximum absolute atomic E-state index is 11.5. The zero-order valence-corrected chi connectivity index (χ0v) is 12.6. The Balaban J connectivity index is 2.21. The summed E-state index contributed by atoms with van der Waals surface area (Å²) in [4.78, 5) is 26.7. The van der Waals surface area contributed by atoms with E-state index in [1.54, 1.807) is 18.4 Å². The van der Waals surface area contributed by atoms with Gasteiger partial charge in [-0.3, -0.25) is 4.79 Å². The summed E-state index contributed by atoms with van der Waals surface area (Å²) < 4.78 is 1.55. The van der Waals surface area contributed by atoms with Gasteiger partial charge in [0.05, 0.1) is 0 Å². The maximum Gasteiger partial charge on any atom is 0.350 e. The Morgan fingerprint density at radius 1 is 1.27 bits per heavy atom. The quantitative estimate of drug-likeness (QED) is 0.681. The van der Waals surface area contributed by atoms with Crippen molar-refractivity contribution in [3.8, 4) is 5.69 Å². The van der Waals surface area contributed by atoms with E-state index in [2.05, 4.69) is 10.3 Å². The number of carbonyl (C=O) groups is 1. The number of aromatic nitrogens is 2. The number of carbonyl (C=O) groups excluding carboxylic acids is 1. The lowest BCUT2D eigenvalue weighted by Crippen LogP contribution is -2.20. The summed E-state index contributed by atoms with van der Waals surface area (Å²) in [7, 11) is 0. The third kappa shape index (κ3) is 2.14. The first-order valence-corrected chi connectivity index (χ1v) is 7.02. The topological polar surface area (TPSA) is 90.1 Å². The Kier molecular flexibility index (Phi) is 3.20. The van der Waals surface area contributed by atoms with Gasteiger partial charge in [-0.15, -0.1) is 0 Å². The van der Waals surface area contributed by atoms with Gasteiger partial charge in [0, 0.05) is 19.0 Å². The van der Waals surface area contributed by atoms with Gasteiger partial charge in [0.25, 0.3) is 0 Å². The molecular weight excluding hydrogens is 284 g/mol. The summed E-state index contributed by atoms with van der Waals surface area (Å²) >= 11 is 0. The largest absolute Gasteiger partial charge is 0.358 e. The molecule has 1 aliphatic heterocycles. The van der Waals surface area contributed by atoms with Crippen molar-refractivity contribution >= 4 is 17.4 Å². The molecule has 0 saturated carbocycles. The lowest BCUT2D eigenvalue weighted by Gasteiger charge is -2.19. The molecule has 2 heterocycles. The second-order valence-electron chi connectivity index (χ2n) is 5.51. The number of aryl methyl sites for hydroxylation is 4. The van der Waals surface area contributed by atoms with Gasteiger partial charge in [0.15, 0.2) is 5.82 Å². The third-order valence-electron chi connectivity index (χ3n) is 3.91. The van der Waals surface area contributed by atoms with Crippen LogP contribution in [0.25, 0.3) is 5.69 Å². The fourth-order valence-electron chi connectivity index (χ4n) is 2.98. The van der Waals surface area contributed by atoms with Crippen molar-refractivity contribution in [1.29, 1.82) is 0 Å². The van der Waals surface area contributed by atoms with E-state index in [9.17, 15) is 14.9 Å². The second kappa shape index (κ2) is 4.94.